The normalized spacial score (nSPS) is 12.2. The molecule has 0 atom stereocenters. The van der Waals surface area contributed by atoms with E-state index in [1.165, 1.54) is 12.4 Å². The number of alkyl halides is 3. The third kappa shape index (κ3) is 1.24. The molecule has 0 radical (unpaired) electrons. The van der Waals surface area contributed by atoms with Gasteiger partial charge in [-0.15, -0.1) is 5.10 Å². The molecular weight excluding hydrogens is 201 g/mol. The van der Waals surface area contributed by atoms with Gasteiger partial charge in [-0.3, -0.25) is 9.78 Å². The monoisotopic (exact) mass is 204 g/mol. The molecule has 0 saturated carbocycles. The second-order valence-electron chi connectivity index (χ2n) is 2.50. The number of nitrogens with zero attached hydrogens (tertiary/aromatic N) is 3. The number of rotatable bonds is 0. The van der Waals surface area contributed by atoms with Gasteiger partial charge in [-0.25, -0.2) is 9.50 Å². The van der Waals surface area contributed by atoms with Crippen LogP contribution in [-0.4, -0.2) is 19.6 Å². The first-order valence-electron chi connectivity index (χ1n) is 3.49. The first kappa shape index (κ1) is 8.73. The Bertz CT molecular complexity index is 526. The molecule has 8 heteroatoms. The number of H-pyrrole nitrogens is 1. The Morgan fingerprint density at radius 2 is 2.14 bits per heavy atom. The number of fused-ring (bicyclic) bond motifs is 1. The third-order valence-electron chi connectivity index (χ3n) is 1.53. The van der Waals surface area contributed by atoms with Gasteiger partial charge in [0.05, 0.1) is 0 Å². The van der Waals surface area contributed by atoms with Crippen molar-refractivity contribution in [2.45, 2.75) is 6.18 Å². The number of aromatic amines is 1. The van der Waals surface area contributed by atoms with E-state index in [0.29, 0.717) is 0 Å². The molecule has 0 spiro atoms. The largest absolute Gasteiger partial charge is 0.451 e. The fourth-order valence-corrected chi connectivity index (χ4v) is 0.964. The maximum Gasteiger partial charge on any atom is 0.451 e. The van der Waals surface area contributed by atoms with Crippen molar-refractivity contribution in [3.8, 4) is 0 Å². The number of nitrogens with one attached hydrogen (secondary N) is 1. The first-order chi connectivity index (χ1) is 6.48. The molecule has 0 aliphatic heterocycles. The summed E-state index contributed by atoms with van der Waals surface area (Å²) in [6.07, 6.45) is -2.31. The second kappa shape index (κ2) is 2.56. The third-order valence-corrected chi connectivity index (χ3v) is 1.53. The fraction of sp³-hybridized carbons (Fsp3) is 0.167. The molecule has 74 valence electrons. The van der Waals surface area contributed by atoms with Crippen molar-refractivity contribution in [3.63, 3.8) is 0 Å². The summed E-state index contributed by atoms with van der Waals surface area (Å²) in [6, 6.07) is 0. The Morgan fingerprint density at radius 3 is 2.79 bits per heavy atom. The average molecular weight is 204 g/mol. The van der Waals surface area contributed by atoms with Gasteiger partial charge in [0.15, 0.2) is 0 Å². The smallest absolute Gasteiger partial charge is 0.298 e. The molecule has 1 N–H and O–H groups in total. The highest BCUT2D eigenvalue weighted by molar-refractivity contribution is 5.32. The van der Waals surface area contributed by atoms with E-state index in [2.05, 4.69) is 10.1 Å². The lowest BCUT2D eigenvalue weighted by atomic mass is 10.6. The highest BCUT2D eigenvalue weighted by Crippen LogP contribution is 2.24. The van der Waals surface area contributed by atoms with Crippen molar-refractivity contribution >= 4 is 5.65 Å². The van der Waals surface area contributed by atoms with Gasteiger partial charge in [0.1, 0.15) is 0 Å². The lowest BCUT2D eigenvalue weighted by Gasteiger charge is -2.04. The highest BCUT2D eigenvalue weighted by Gasteiger charge is 2.35. The summed E-state index contributed by atoms with van der Waals surface area (Å²) in [5.74, 6) is -1.34. The van der Waals surface area contributed by atoms with Gasteiger partial charge >= 0.3 is 6.18 Å². The van der Waals surface area contributed by atoms with E-state index in [9.17, 15) is 18.0 Å². The average Bonchev–Trinajstić information content (AvgIpc) is 2.50. The van der Waals surface area contributed by atoms with Crippen LogP contribution < -0.4 is 5.56 Å². The lowest BCUT2D eigenvalue weighted by molar-refractivity contribution is -0.145. The van der Waals surface area contributed by atoms with Gasteiger partial charge in [-0.2, -0.15) is 13.2 Å². The van der Waals surface area contributed by atoms with E-state index in [-0.39, 0.29) is 5.65 Å². The van der Waals surface area contributed by atoms with Crippen LogP contribution in [0.4, 0.5) is 13.2 Å². The lowest BCUT2D eigenvalue weighted by Crippen LogP contribution is -2.22. The van der Waals surface area contributed by atoms with Crippen LogP contribution in [0.25, 0.3) is 5.65 Å². The van der Waals surface area contributed by atoms with Crippen molar-refractivity contribution in [2.75, 3.05) is 0 Å². The zero-order valence-electron chi connectivity index (χ0n) is 6.54. The van der Waals surface area contributed by atoms with Gasteiger partial charge in [0.25, 0.3) is 5.56 Å². The van der Waals surface area contributed by atoms with Crippen LogP contribution in [0.15, 0.2) is 17.2 Å². The Kier molecular flexibility index (Phi) is 1.60. The summed E-state index contributed by atoms with van der Waals surface area (Å²) in [4.78, 5) is 16.2. The van der Waals surface area contributed by atoms with Gasteiger partial charge in [0.2, 0.25) is 11.5 Å². The Morgan fingerprint density at radius 1 is 1.43 bits per heavy atom. The maximum atomic E-state index is 12.1. The minimum Gasteiger partial charge on any atom is -0.298 e. The van der Waals surface area contributed by atoms with Crippen LogP contribution in [0, 0.1) is 0 Å². The number of hydrogen-bond donors (Lipinski definition) is 1. The van der Waals surface area contributed by atoms with Crippen LogP contribution in [0.3, 0.4) is 0 Å². The molecule has 0 saturated heterocycles. The molecule has 0 fully saturated rings. The number of imidazole rings is 1. The van der Waals surface area contributed by atoms with Crippen LogP contribution in [0.5, 0.6) is 0 Å². The molecular formula is C6H3F3N4O. The molecule has 2 aromatic heterocycles. The highest BCUT2D eigenvalue weighted by atomic mass is 19.4. The molecule has 2 aromatic rings. The summed E-state index contributed by atoms with van der Waals surface area (Å²) < 4.78 is 37.2. The van der Waals surface area contributed by atoms with Crippen LogP contribution in [0.1, 0.15) is 5.82 Å². The SMILES string of the molecule is O=c1[nH]c(C(F)(F)F)nn2ccnc12. The second-order valence-corrected chi connectivity index (χ2v) is 2.50. The Labute approximate surface area is 74.2 Å². The van der Waals surface area contributed by atoms with Crippen molar-refractivity contribution in [1.82, 2.24) is 19.6 Å². The quantitative estimate of drug-likeness (QED) is 0.677. The summed E-state index contributed by atoms with van der Waals surface area (Å²) in [5, 5.41) is 3.14. The van der Waals surface area contributed by atoms with Crippen molar-refractivity contribution in [1.29, 1.82) is 0 Å². The van der Waals surface area contributed by atoms with E-state index in [0.717, 1.165) is 4.52 Å². The van der Waals surface area contributed by atoms with Crippen LogP contribution >= 0.6 is 0 Å². The molecule has 2 rings (SSSR count). The predicted octanol–water partition coefficient (Wildman–Crippen LogP) is 0.436. The molecule has 0 unspecified atom stereocenters. The van der Waals surface area contributed by atoms with E-state index >= 15 is 0 Å². The molecule has 0 aromatic carbocycles. The molecule has 14 heavy (non-hydrogen) atoms. The topological polar surface area (TPSA) is 63.0 Å². The number of aromatic nitrogens is 4. The molecule has 0 aliphatic rings. The molecule has 2 heterocycles. The summed E-state index contributed by atoms with van der Waals surface area (Å²) in [5.41, 5.74) is -1.09. The van der Waals surface area contributed by atoms with E-state index in [1.807, 2.05) is 0 Å². The molecule has 0 aliphatic carbocycles. The standard InChI is InChI=1S/C6H3F3N4O/c7-6(8,9)5-11-4(14)3-10-1-2-13(3)12-5/h1-2H,(H,11,12,14). The zero-order chi connectivity index (χ0) is 10.3. The van der Waals surface area contributed by atoms with Crippen molar-refractivity contribution in [3.05, 3.63) is 28.6 Å². The zero-order valence-corrected chi connectivity index (χ0v) is 6.54. The maximum absolute atomic E-state index is 12.1. The van der Waals surface area contributed by atoms with Crippen molar-refractivity contribution < 1.29 is 13.2 Å². The van der Waals surface area contributed by atoms with Crippen molar-refractivity contribution in [2.24, 2.45) is 0 Å². The Balaban J connectivity index is 2.77. The summed E-state index contributed by atoms with van der Waals surface area (Å²) in [7, 11) is 0. The van der Waals surface area contributed by atoms with Crippen LogP contribution in [0.2, 0.25) is 0 Å². The number of halogens is 3. The van der Waals surface area contributed by atoms with Crippen LogP contribution in [-0.2, 0) is 6.18 Å². The summed E-state index contributed by atoms with van der Waals surface area (Å²) in [6.45, 7) is 0. The molecule has 5 nitrogen and oxygen atoms in total. The summed E-state index contributed by atoms with van der Waals surface area (Å²) >= 11 is 0. The number of hydrogen-bond acceptors (Lipinski definition) is 3. The van der Waals surface area contributed by atoms with E-state index in [1.54, 1.807) is 4.98 Å². The van der Waals surface area contributed by atoms with E-state index in [4.69, 9.17) is 0 Å². The molecule has 0 bridgehead atoms. The van der Waals surface area contributed by atoms with Gasteiger partial charge in [-0.05, 0) is 0 Å². The Hall–Kier alpha value is -1.86. The van der Waals surface area contributed by atoms with E-state index < -0.39 is 17.6 Å². The van der Waals surface area contributed by atoms with Gasteiger partial charge in [0, 0.05) is 12.4 Å². The molecule has 0 amide bonds. The van der Waals surface area contributed by atoms with Gasteiger partial charge < -0.3 is 0 Å². The minimum atomic E-state index is -4.67. The predicted molar refractivity (Wildman–Crippen MR) is 38.6 cm³/mol. The minimum absolute atomic E-state index is 0.169. The van der Waals surface area contributed by atoms with Gasteiger partial charge in [-0.1, -0.05) is 0 Å². The first-order valence-corrected chi connectivity index (χ1v) is 3.49. The fourth-order valence-electron chi connectivity index (χ4n) is 0.964.